The van der Waals surface area contributed by atoms with Crippen molar-refractivity contribution >= 4 is 28.2 Å². The number of ether oxygens (including phenoxy) is 1. The Bertz CT molecular complexity index is 513. The first-order chi connectivity index (χ1) is 11.7. The van der Waals surface area contributed by atoms with E-state index in [0.29, 0.717) is 25.2 Å². The lowest BCUT2D eigenvalue weighted by molar-refractivity contribution is -0.120. The van der Waals surface area contributed by atoms with Gasteiger partial charge in [0.25, 0.3) is 0 Å². The van der Waals surface area contributed by atoms with Gasteiger partial charge in [-0.1, -0.05) is 0 Å². The third kappa shape index (κ3) is 6.01. The van der Waals surface area contributed by atoms with Crippen LogP contribution < -0.4 is 20.9 Å². The Balaban J connectivity index is 1.67. The van der Waals surface area contributed by atoms with E-state index in [4.69, 9.17) is 4.74 Å². The molecule has 3 N–H and O–H groups in total. The van der Waals surface area contributed by atoms with E-state index in [1.807, 2.05) is 0 Å². The zero-order valence-electron chi connectivity index (χ0n) is 14.4. The van der Waals surface area contributed by atoms with Crippen molar-refractivity contribution < 1.29 is 9.53 Å². The summed E-state index contributed by atoms with van der Waals surface area (Å²) in [6.45, 7) is 3.31. The van der Waals surface area contributed by atoms with E-state index in [2.05, 4.69) is 43.4 Å². The standard InChI is InChI=1S/C16H27N5O2S/c1-17-16(19-12-14(22)18-7-10-23-2)20-13-5-8-21(9-6-13)15-4-3-11-24-15/h3-4,11,13H,5-10,12H2,1-2H3,(H,18,22)(H2,17,19,20). The number of hydrogen-bond acceptors (Lipinski definition) is 5. The van der Waals surface area contributed by atoms with Gasteiger partial charge in [-0.3, -0.25) is 9.79 Å². The van der Waals surface area contributed by atoms with Crippen LogP contribution in [0.5, 0.6) is 0 Å². The summed E-state index contributed by atoms with van der Waals surface area (Å²) in [4.78, 5) is 18.3. The van der Waals surface area contributed by atoms with Gasteiger partial charge >= 0.3 is 0 Å². The fourth-order valence-corrected chi connectivity index (χ4v) is 3.39. The van der Waals surface area contributed by atoms with Gasteiger partial charge < -0.3 is 25.6 Å². The quantitative estimate of drug-likeness (QED) is 0.381. The van der Waals surface area contributed by atoms with E-state index < -0.39 is 0 Å². The minimum absolute atomic E-state index is 0.0671. The van der Waals surface area contributed by atoms with Gasteiger partial charge in [-0.15, -0.1) is 11.3 Å². The maximum absolute atomic E-state index is 11.7. The van der Waals surface area contributed by atoms with Gasteiger partial charge in [-0.25, -0.2) is 0 Å². The highest BCUT2D eigenvalue weighted by atomic mass is 32.1. The summed E-state index contributed by atoms with van der Waals surface area (Å²) in [6.07, 6.45) is 2.11. The summed E-state index contributed by atoms with van der Waals surface area (Å²) in [7, 11) is 3.33. The van der Waals surface area contributed by atoms with E-state index in [9.17, 15) is 4.79 Å². The molecular formula is C16H27N5O2S. The van der Waals surface area contributed by atoms with Crippen molar-refractivity contribution in [3.8, 4) is 0 Å². The second-order valence-electron chi connectivity index (χ2n) is 5.63. The minimum Gasteiger partial charge on any atom is -0.383 e. The Morgan fingerprint density at radius 1 is 1.42 bits per heavy atom. The lowest BCUT2D eigenvalue weighted by Gasteiger charge is -2.33. The topological polar surface area (TPSA) is 78.0 Å². The summed E-state index contributed by atoms with van der Waals surface area (Å²) in [5.41, 5.74) is 0. The van der Waals surface area contributed by atoms with Crippen LogP contribution in [-0.2, 0) is 9.53 Å². The van der Waals surface area contributed by atoms with Crippen LogP contribution in [0.2, 0.25) is 0 Å². The molecule has 0 aromatic carbocycles. The molecule has 2 heterocycles. The Hall–Kier alpha value is -1.80. The number of methoxy groups -OCH3 is 1. The molecule has 1 aliphatic heterocycles. The average molecular weight is 353 g/mol. The average Bonchev–Trinajstić information content (AvgIpc) is 3.14. The molecule has 2 rings (SSSR count). The van der Waals surface area contributed by atoms with Crippen molar-refractivity contribution in [2.75, 3.05) is 51.8 Å². The Morgan fingerprint density at radius 2 is 2.21 bits per heavy atom. The van der Waals surface area contributed by atoms with Gasteiger partial charge in [0.15, 0.2) is 5.96 Å². The molecule has 0 aliphatic carbocycles. The molecule has 24 heavy (non-hydrogen) atoms. The number of carbonyl (C=O) groups is 1. The number of amides is 1. The molecule has 1 aromatic heterocycles. The van der Waals surface area contributed by atoms with Crippen molar-refractivity contribution in [1.29, 1.82) is 0 Å². The maximum atomic E-state index is 11.7. The highest BCUT2D eigenvalue weighted by Crippen LogP contribution is 2.24. The lowest BCUT2D eigenvalue weighted by atomic mass is 10.1. The molecular weight excluding hydrogens is 326 g/mol. The molecule has 7 nitrogen and oxygen atoms in total. The van der Waals surface area contributed by atoms with Crippen LogP contribution in [0.4, 0.5) is 5.00 Å². The van der Waals surface area contributed by atoms with Gasteiger partial charge in [0.05, 0.1) is 18.2 Å². The molecule has 134 valence electrons. The molecule has 1 saturated heterocycles. The van der Waals surface area contributed by atoms with Crippen molar-refractivity contribution in [2.45, 2.75) is 18.9 Å². The largest absolute Gasteiger partial charge is 0.383 e. The second kappa shape index (κ2) is 10.1. The Labute approximate surface area is 147 Å². The normalized spacial score (nSPS) is 16.1. The van der Waals surface area contributed by atoms with Gasteiger partial charge in [-0.05, 0) is 30.4 Å². The zero-order chi connectivity index (χ0) is 17.2. The molecule has 0 saturated carbocycles. The summed E-state index contributed by atoms with van der Waals surface area (Å²) < 4.78 is 4.90. The Morgan fingerprint density at radius 3 is 2.83 bits per heavy atom. The van der Waals surface area contributed by atoms with Crippen LogP contribution in [-0.4, -0.2) is 64.9 Å². The van der Waals surface area contributed by atoms with Gasteiger partial charge in [-0.2, -0.15) is 0 Å². The molecule has 0 unspecified atom stereocenters. The summed E-state index contributed by atoms with van der Waals surface area (Å²) in [6, 6.07) is 4.64. The monoisotopic (exact) mass is 353 g/mol. The van der Waals surface area contributed by atoms with Crippen LogP contribution >= 0.6 is 11.3 Å². The molecule has 0 bridgehead atoms. The van der Waals surface area contributed by atoms with E-state index in [1.54, 1.807) is 25.5 Å². The lowest BCUT2D eigenvalue weighted by Crippen LogP contribution is -2.50. The molecule has 1 aliphatic rings. The highest BCUT2D eigenvalue weighted by molar-refractivity contribution is 7.14. The fraction of sp³-hybridized carbons (Fsp3) is 0.625. The third-order valence-electron chi connectivity index (χ3n) is 3.92. The SMILES string of the molecule is CN=C(NCC(=O)NCCOC)NC1CCN(c2cccs2)CC1. The predicted molar refractivity (Wildman–Crippen MR) is 98.9 cm³/mol. The van der Waals surface area contributed by atoms with Crippen LogP contribution in [0, 0.1) is 0 Å². The number of aliphatic imine (C=N–C) groups is 1. The smallest absolute Gasteiger partial charge is 0.239 e. The third-order valence-corrected chi connectivity index (χ3v) is 4.85. The molecule has 0 atom stereocenters. The molecule has 0 spiro atoms. The van der Waals surface area contributed by atoms with Crippen molar-refractivity contribution in [2.24, 2.45) is 4.99 Å². The molecule has 0 radical (unpaired) electrons. The van der Waals surface area contributed by atoms with E-state index >= 15 is 0 Å². The van der Waals surface area contributed by atoms with Crippen molar-refractivity contribution in [1.82, 2.24) is 16.0 Å². The Kier molecular flexibility index (Phi) is 7.84. The first-order valence-corrected chi connectivity index (χ1v) is 9.12. The highest BCUT2D eigenvalue weighted by Gasteiger charge is 2.20. The number of nitrogens with one attached hydrogen (secondary N) is 3. The molecule has 1 amide bonds. The maximum Gasteiger partial charge on any atom is 0.239 e. The summed E-state index contributed by atoms with van der Waals surface area (Å²) in [5.74, 6) is 0.606. The number of guanidine groups is 1. The first-order valence-electron chi connectivity index (χ1n) is 8.24. The summed E-state index contributed by atoms with van der Waals surface area (Å²) >= 11 is 1.78. The fourth-order valence-electron chi connectivity index (χ4n) is 2.60. The number of nitrogens with zero attached hydrogens (tertiary/aromatic N) is 2. The molecule has 1 fully saturated rings. The van der Waals surface area contributed by atoms with Crippen LogP contribution in [0.25, 0.3) is 0 Å². The van der Waals surface area contributed by atoms with Crippen molar-refractivity contribution in [3.05, 3.63) is 17.5 Å². The number of piperidine rings is 1. The van der Waals surface area contributed by atoms with Gasteiger partial charge in [0.2, 0.25) is 5.91 Å². The second-order valence-corrected chi connectivity index (χ2v) is 6.55. The molecule has 1 aromatic rings. The number of anilines is 1. The number of thiophene rings is 1. The first kappa shape index (κ1) is 18.5. The zero-order valence-corrected chi connectivity index (χ0v) is 15.2. The van der Waals surface area contributed by atoms with E-state index in [0.717, 1.165) is 25.9 Å². The van der Waals surface area contributed by atoms with E-state index in [-0.39, 0.29) is 12.5 Å². The van der Waals surface area contributed by atoms with Gasteiger partial charge in [0, 0.05) is 39.8 Å². The minimum atomic E-state index is -0.0671. The van der Waals surface area contributed by atoms with Crippen LogP contribution in [0.1, 0.15) is 12.8 Å². The number of rotatable bonds is 7. The van der Waals surface area contributed by atoms with Crippen LogP contribution in [0.15, 0.2) is 22.5 Å². The summed E-state index contributed by atoms with van der Waals surface area (Å²) in [5, 5.41) is 12.7. The van der Waals surface area contributed by atoms with Crippen LogP contribution in [0.3, 0.4) is 0 Å². The molecule has 8 heteroatoms. The van der Waals surface area contributed by atoms with Crippen molar-refractivity contribution in [3.63, 3.8) is 0 Å². The predicted octanol–water partition coefficient (Wildman–Crippen LogP) is 0.645. The number of carbonyl (C=O) groups excluding carboxylic acids is 1. The number of hydrogen-bond donors (Lipinski definition) is 3. The van der Waals surface area contributed by atoms with E-state index in [1.165, 1.54) is 5.00 Å². The van der Waals surface area contributed by atoms with Gasteiger partial charge in [0.1, 0.15) is 0 Å².